The molecular weight excluding hydrogens is 364 g/mol. The molecule has 0 aliphatic carbocycles. The Morgan fingerprint density at radius 1 is 1.17 bits per heavy atom. The monoisotopic (exact) mass is 386 g/mol. The largest absolute Gasteiger partial charge is 0.461 e. The predicted molar refractivity (Wildman–Crippen MR) is 111 cm³/mol. The quantitative estimate of drug-likeness (QED) is 0.523. The van der Waals surface area contributed by atoms with E-state index in [4.69, 9.17) is 9.40 Å². The van der Waals surface area contributed by atoms with E-state index in [1.54, 1.807) is 12.5 Å². The zero-order valence-electron chi connectivity index (χ0n) is 16.3. The van der Waals surface area contributed by atoms with E-state index in [0.717, 1.165) is 35.4 Å². The number of hydrogen-bond donors (Lipinski definition) is 0. The number of benzene rings is 1. The summed E-state index contributed by atoms with van der Waals surface area (Å²) in [4.78, 5) is 24.2. The topological polar surface area (TPSA) is 64.2 Å². The van der Waals surface area contributed by atoms with E-state index in [1.807, 2.05) is 53.4 Å². The number of rotatable bonds is 4. The van der Waals surface area contributed by atoms with Crippen molar-refractivity contribution in [1.82, 2.24) is 19.4 Å². The van der Waals surface area contributed by atoms with Crippen LogP contribution in [0.4, 0.5) is 0 Å². The zero-order chi connectivity index (χ0) is 19.8. The number of likely N-dealkylation sites (tertiary alicyclic amines) is 1. The second kappa shape index (κ2) is 7.20. The normalized spacial score (nSPS) is 16.6. The number of carbonyl (C=O) groups excluding carboxylic acids is 1. The fourth-order valence-corrected chi connectivity index (χ4v) is 4.06. The van der Waals surface area contributed by atoms with E-state index < -0.39 is 0 Å². The number of aromatic nitrogens is 3. The van der Waals surface area contributed by atoms with Gasteiger partial charge in [-0.25, -0.2) is 9.97 Å². The minimum absolute atomic E-state index is 0.0760. The summed E-state index contributed by atoms with van der Waals surface area (Å²) in [7, 11) is 0. The lowest BCUT2D eigenvalue weighted by atomic mass is 10.1. The van der Waals surface area contributed by atoms with Gasteiger partial charge in [-0.15, -0.1) is 0 Å². The SMILES string of the molecule is CCc1ccc(C(=O)N2CC[C@H](n3c(-c4ccco4)nc4cccnc43)C2)cc1. The standard InChI is InChI=1S/C23H22N4O2/c1-2-16-7-9-17(10-8-16)23(28)26-13-11-18(15-26)27-21-19(5-3-12-24-21)25-22(27)20-6-4-14-29-20/h3-10,12,14,18H,2,11,13,15H2,1H3/t18-/m0/s1. The van der Waals surface area contributed by atoms with Crippen LogP contribution in [0.25, 0.3) is 22.7 Å². The summed E-state index contributed by atoms with van der Waals surface area (Å²) in [6.07, 6.45) is 5.25. The van der Waals surface area contributed by atoms with Gasteiger partial charge >= 0.3 is 0 Å². The Morgan fingerprint density at radius 3 is 2.79 bits per heavy atom. The van der Waals surface area contributed by atoms with Gasteiger partial charge in [-0.05, 0) is 54.8 Å². The summed E-state index contributed by atoms with van der Waals surface area (Å²) in [5.41, 5.74) is 3.63. The van der Waals surface area contributed by atoms with Crippen molar-refractivity contribution in [3.63, 3.8) is 0 Å². The van der Waals surface area contributed by atoms with E-state index in [9.17, 15) is 4.79 Å². The van der Waals surface area contributed by atoms with Gasteiger partial charge in [0.1, 0.15) is 5.52 Å². The Labute approximate surface area is 168 Å². The van der Waals surface area contributed by atoms with Crippen LogP contribution in [0, 0.1) is 0 Å². The second-order valence-electron chi connectivity index (χ2n) is 7.37. The number of amides is 1. The number of imidazole rings is 1. The van der Waals surface area contributed by atoms with Gasteiger partial charge in [0.15, 0.2) is 17.2 Å². The average Bonchev–Trinajstić information content (AvgIpc) is 3.52. The van der Waals surface area contributed by atoms with Gasteiger partial charge in [-0.3, -0.25) is 4.79 Å². The van der Waals surface area contributed by atoms with Gasteiger partial charge in [0.25, 0.3) is 5.91 Å². The number of fused-ring (bicyclic) bond motifs is 1. The Morgan fingerprint density at radius 2 is 2.03 bits per heavy atom. The minimum Gasteiger partial charge on any atom is -0.461 e. The lowest BCUT2D eigenvalue weighted by Crippen LogP contribution is -2.29. The van der Waals surface area contributed by atoms with Crippen molar-refractivity contribution in [3.8, 4) is 11.6 Å². The third-order valence-electron chi connectivity index (χ3n) is 5.62. The predicted octanol–water partition coefficient (Wildman–Crippen LogP) is 4.34. The van der Waals surface area contributed by atoms with Crippen LogP contribution in [0.3, 0.4) is 0 Å². The van der Waals surface area contributed by atoms with Crippen molar-refractivity contribution in [3.05, 3.63) is 72.1 Å². The molecule has 1 atom stereocenters. The highest BCUT2D eigenvalue weighted by Gasteiger charge is 2.31. The first-order valence-corrected chi connectivity index (χ1v) is 9.99. The molecule has 1 aliphatic rings. The van der Waals surface area contributed by atoms with E-state index in [1.165, 1.54) is 5.56 Å². The van der Waals surface area contributed by atoms with Gasteiger partial charge in [0, 0.05) is 24.8 Å². The molecule has 0 bridgehead atoms. The summed E-state index contributed by atoms with van der Waals surface area (Å²) in [5.74, 6) is 1.55. The fraction of sp³-hybridized carbons (Fsp3) is 0.261. The highest BCUT2D eigenvalue weighted by atomic mass is 16.3. The molecule has 1 amide bonds. The molecule has 0 radical (unpaired) electrons. The second-order valence-corrected chi connectivity index (χ2v) is 7.37. The molecule has 1 fully saturated rings. The molecule has 0 spiro atoms. The Balaban J connectivity index is 1.46. The Hall–Kier alpha value is -3.41. The molecule has 6 nitrogen and oxygen atoms in total. The minimum atomic E-state index is 0.0760. The van der Waals surface area contributed by atoms with Crippen LogP contribution in [-0.2, 0) is 6.42 Å². The molecular formula is C23H22N4O2. The zero-order valence-corrected chi connectivity index (χ0v) is 16.3. The maximum absolute atomic E-state index is 13.0. The van der Waals surface area contributed by atoms with Gasteiger partial charge in [-0.2, -0.15) is 0 Å². The molecule has 0 saturated carbocycles. The molecule has 4 heterocycles. The van der Waals surface area contributed by atoms with Crippen LogP contribution >= 0.6 is 0 Å². The molecule has 1 aliphatic heterocycles. The third-order valence-corrected chi connectivity index (χ3v) is 5.62. The highest BCUT2D eigenvalue weighted by molar-refractivity contribution is 5.94. The summed E-state index contributed by atoms with van der Waals surface area (Å²) < 4.78 is 7.75. The van der Waals surface area contributed by atoms with Crippen LogP contribution in [0.5, 0.6) is 0 Å². The molecule has 146 valence electrons. The van der Waals surface area contributed by atoms with Gasteiger partial charge < -0.3 is 13.9 Å². The summed E-state index contributed by atoms with van der Waals surface area (Å²) >= 11 is 0. The van der Waals surface area contributed by atoms with E-state index in [2.05, 4.69) is 16.5 Å². The van der Waals surface area contributed by atoms with Crippen molar-refractivity contribution in [1.29, 1.82) is 0 Å². The summed E-state index contributed by atoms with van der Waals surface area (Å²) in [6, 6.07) is 15.6. The van der Waals surface area contributed by atoms with Gasteiger partial charge in [0.05, 0.1) is 12.3 Å². The summed E-state index contributed by atoms with van der Waals surface area (Å²) in [6.45, 7) is 3.45. The van der Waals surface area contributed by atoms with Crippen molar-refractivity contribution < 1.29 is 9.21 Å². The first-order valence-electron chi connectivity index (χ1n) is 9.99. The molecule has 6 heteroatoms. The van der Waals surface area contributed by atoms with Crippen LogP contribution in [0.1, 0.15) is 35.3 Å². The Bertz CT molecular complexity index is 1150. The van der Waals surface area contributed by atoms with Crippen molar-refractivity contribution in [2.24, 2.45) is 0 Å². The molecule has 0 unspecified atom stereocenters. The molecule has 29 heavy (non-hydrogen) atoms. The van der Waals surface area contributed by atoms with Crippen LogP contribution < -0.4 is 0 Å². The number of hydrogen-bond acceptors (Lipinski definition) is 4. The number of pyridine rings is 1. The smallest absolute Gasteiger partial charge is 0.253 e. The first kappa shape index (κ1) is 17.7. The lowest BCUT2D eigenvalue weighted by Gasteiger charge is -2.18. The maximum Gasteiger partial charge on any atom is 0.253 e. The van der Waals surface area contributed by atoms with Crippen molar-refractivity contribution in [2.45, 2.75) is 25.8 Å². The van der Waals surface area contributed by atoms with Crippen LogP contribution in [-0.4, -0.2) is 38.4 Å². The number of carbonyl (C=O) groups is 1. The van der Waals surface area contributed by atoms with Gasteiger partial charge in [-0.1, -0.05) is 19.1 Å². The van der Waals surface area contributed by atoms with E-state index >= 15 is 0 Å². The van der Waals surface area contributed by atoms with Crippen molar-refractivity contribution in [2.75, 3.05) is 13.1 Å². The van der Waals surface area contributed by atoms with Crippen LogP contribution in [0.2, 0.25) is 0 Å². The first-order chi connectivity index (χ1) is 14.2. The van der Waals surface area contributed by atoms with Crippen LogP contribution in [0.15, 0.2) is 65.4 Å². The molecule has 1 saturated heterocycles. The number of furan rings is 1. The van der Waals surface area contributed by atoms with Gasteiger partial charge in [0.2, 0.25) is 0 Å². The van der Waals surface area contributed by atoms with E-state index in [0.29, 0.717) is 18.8 Å². The van der Waals surface area contributed by atoms with Crippen molar-refractivity contribution >= 4 is 17.1 Å². The highest BCUT2D eigenvalue weighted by Crippen LogP contribution is 2.32. The average molecular weight is 386 g/mol. The molecule has 0 N–H and O–H groups in total. The molecule has 4 aromatic rings. The van der Waals surface area contributed by atoms with E-state index in [-0.39, 0.29) is 11.9 Å². The molecule has 5 rings (SSSR count). The lowest BCUT2D eigenvalue weighted by molar-refractivity contribution is 0.0788. The number of aryl methyl sites for hydroxylation is 1. The number of nitrogens with zero attached hydrogens (tertiary/aromatic N) is 4. The Kier molecular flexibility index (Phi) is 4.39. The molecule has 1 aromatic carbocycles. The third kappa shape index (κ3) is 3.10. The fourth-order valence-electron chi connectivity index (χ4n) is 4.06. The summed E-state index contributed by atoms with van der Waals surface area (Å²) in [5, 5.41) is 0. The molecule has 3 aromatic heterocycles. The maximum atomic E-state index is 13.0.